The molecule has 0 aromatic heterocycles. The van der Waals surface area contributed by atoms with E-state index in [1.54, 1.807) is 12.0 Å². The fourth-order valence-corrected chi connectivity index (χ4v) is 9.97. The minimum Gasteiger partial charge on any atom is -0.497 e. The average Bonchev–Trinajstić information content (AvgIpc) is 3.76. The number of hydrogen-bond acceptors (Lipinski definition) is 7. The van der Waals surface area contributed by atoms with Gasteiger partial charge in [0, 0.05) is 17.3 Å². The first-order valence-corrected chi connectivity index (χ1v) is 15.7. The molecule has 4 fully saturated rings. The van der Waals surface area contributed by atoms with Gasteiger partial charge in [-0.1, -0.05) is 66.7 Å². The lowest BCUT2D eigenvalue weighted by atomic mass is 9.59. The van der Waals surface area contributed by atoms with Gasteiger partial charge in [0.25, 0.3) is 0 Å². The van der Waals surface area contributed by atoms with Crippen molar-refractivity contribution >= 4 is 28.3 Å². The van der Waals surface area contributed by atoms with Gasteiger partial charge in [-0.05, 0) is 72.0 Å². The number of β-lactam (4-membered cyclic amide) rings is 1. The third-order valence-corrected chi connectivity index (χ3v) is 11.5. The fourth-order valence-electron chi connectivity index (χ4n) is 9.97. The van der Waals surface area contributed by atoms with Crippen molar-refractivity contribution in [2.24, 2.45) is 5.41 Å². The molecule has 4 aromatic carbocycles. The molecule has 45 heavy (non-hydrogen) atoms. The highest BCUT2D eigenvalue weighted by Crippen LogP contribution is 2.76. The maximum absolute atomic E-state index is 14.7. The normalized spacial score (nSPS) is 34.4. The van der Waals surface area contributed by atoms with Crippen LogP contribution in [0.2, 0.25) is 0 Å². The van der Waals surface area contributed by atoms with Crippen LogP contribution < -0.4 is 9.64 Å². The molecule has 1 aliphatic carbocycles. The maximum Gasteiger partial charge on any atom is 0.317 e. The van der Waals surface area contributed by atoms with Gasteiger partial charge in [0.2, 0.25) is 11.7 Å². The van der Waals surface area contributed by atoms with Crippen molar-refractivity contribution < 1.29 is 28.9 Å². The average molecular weight is 603 g/mol. The number of anilines is 1. The van der Waals surface area contributed by atoms with Crippen molar-refractivity contribution in [2.45, 2.75) is 54.7 Å². The van der Waals surface area contributed by atoms with Crippen LogP contribution in [0.4, 0.5) is 5.69 Å². The minimum atomic E-state index is -1.85. The van der Waals surface area contributed by atoms with Crippen LogP contribution >= 0.6 is 0 Å². The Morgan fingerprint density at radius 2 is 1.67 bits per heavy atom. The Hall–Kier alpha value is -4.24. The molecule has 5 aliphatic rings. The summed E-state index contributed by atoms with van der Waals surface area (Å²) in [5, 5.41) is 15.2. The Balaban J connectivity index is 1.32. The van der Waals surface area contributed by atoms with Crippen LogP contribution in [0, 0.1) is 5.41 Å². The first kappa shape index (κ1) is 27.1. The van der Waals surface area contributed by atoms with Crippen molar-refractivity contribution in [3.63, 3.8) is 0 Å². The summed E-state index contributed by atoms with van der Waals surface area (Å²) in [6, 6.07) is 28.5. The van der Waals surface area contributed by atoms with Gasteiger partial charge in [-0.15, -0.1) is 0 Å². The first-order chi connectivity index (χ1) is 21.9. The number of amides is 1. The van der Waals surface area contributed by atoms with E-state index in [-0.39, 0.29) is 11.9 Å². The molecular formula is C37H34N2O6. The molecule has 0 saturated carbocycles. The van der Waals surface area contributed by atoms with E-state index in [1.807, 2.05) is 84.9 Å². The molecule has 4 aromatic rings. The second-order valence-corrected chi connectivity index (χ2v) is 13.0. The SMILES string of the molecule is COC(=O)[C@@]12C[C@H]3CCCN3[C@@]13c1cccc4cccc(c14)[C@@]3(O)O[C@@H]2[C@@H]1[C@@H](c2ccccc2)C(=O)N1c1ccc(OC)cc1. The summed E-state index contributed by atoms with van der Waals surface area (Å²) in [5.74, 6) is -2.25. The molecule has 7 atom stereocenters. The van der Waals surface area contributed by atoms with Gasteiger partial charge in [-0.2, -0.15) is 0 Å². The van der Waals surface area contributed by atoms with Crippen molar-refractivity contribution in [1.82, 2.24) is 4.90 Å². The number of carbonyl (C=O) groups excluding carboxylic acids is 2. The predicted molar refractivity (Wildman–Crippen MR) is 167 cm³/mol. The molecule has 1 N–H and O–H groups in total. The van der Waals surface area contributed by atoms with E-state index < -0.39 is 40.8 Å². The fraction of sp³-hybridized carbons (Fsp3) is 0.351. The van der Waals surface area contributed by atoms with Crippen LogP contribution in [0.3, 0.4) is 0 Å². The van der Waals surface area contributed by atoms with E-state index in [2.05, 4.69) is 11.0 Å². The van der Waals surface area contributed by atoms with Gasteiger partial charge in [-0.25, -0.2) is 0 Å². The Labute approximate surface area is 261 Å². The van der Waals surface area contributed by atoms with Crippen LogP contribution in [-0.2, 0) is 30.4 Å². The molecule has 228 valence electrons. The number of carbonyl (C=O) groups is 2. The summed E-state index contributed by atoms with van der Waals surface area (Å²) in [4.78, 5) is 33.1. The summed E-state index contributed by atoms with van der Waals surface area (Å²) < 4.78 is 18.3. The van der Waals surface area contributed by atoms with Crippen LogP contribution in [0.1, 0.15) is 41.9 Å². The third-order valence-electron chi connectivity index (χ3n) is 11.5. The Morgan fingerprint density at radius 1 is 0.933 bits per heavy atom. The zero-order chi connectivity index (χ0) is 30.7. The lowest BCUT2D eigenvalue weighted by Crippen LogP contribution is -2.69. The number of methoxy groups -OCH3 is 2. The lowest BCUT2D eigenvalue weighted by Gasteiger charge is -2.53. The number of benzene rings is 4. The summed E-state index contributed by atoms with van der Waals surface area (Å²) in [7, 11) is 3.03. The molecule has 4 aliphatic heterocycles. The number of nitrogens with zero attached hydrogens (tertiary/aromatic N) is 2. The zero-order valence-electron chi connectivity index (χ0n) is 25.2. The quantitative estimate of drug-likeness (QED) is 0.259. The molecule has 8 heteroatoms. The van der Waals surface area contributed by atoms with E-state index in [0.29, 0.717) is 23.4 Å². The van der Waals surface area contributed by atoms with E-state index in [0.717, 1.165) is 41.3 Å². The molecule has 0 radical (unpaired) electrons. The molecule has 9 rings (SSSR count). The molecular weight excluding hydrogens is 568 g/mol. The number of esters is 1. The number of hydrogen-bond donors (Lipinski definition) is 1. The van der Waals surface area contributed by atoms with Crippen molar-refractivity contribution in [1.29, 1.82) is 0 Å². The van der Waals surface area contributed by atoms with Crippen molar-refractivity contribution in [3.05, 3.63) is 108 Å². The highest BCUT2D eigenvalue weighted by atomic mass is 16.7. The van der Waals surface area contributed by atoms with E-state index in [9.17, 15) is 14.7 Å². The van der Waals surface area contributed by atoms with Gasteiger partial charge in [0.05, 0.1) is 26.2 Å². The topological polar surface area (TPSA) is 88.5 Å². The van der Waals surface area contributed by atoms with E-state index >= 15 is 0 Å². The van der Waals surface area contributed by atoms with Crippen LogP contribution in [0.25, 0.3) is 10.8 Å². The maximum atomic E-state index is 14.7. The number of ether oxygens (including phenoxy) is 3. The number of aliphatic hydroxyl groups is 1. The molecule has 4 saturated heterocycles. The van der Waals surface area contributed by atoms with Crippen LogP contribution in [0.15, 0.2) is 91.0 Å². The molecule has 1 amide bonds. The first-order valence-electron chi connectivity index (χ1n) is 15.7. The van der Waals surface area contributed by atoms with Gasteiger partial charge >= 0.3 is 5.97 Å². The van der Waals surface area contributed by atoms with Gasteiger partial charge < -0.3 is 24.2 Å². The largest absolute Gasteiger partial charge is 0.497 e. The number of fused-ring (bicyclic) bond motifs is 2. The second-order valence-electron chi connectivity index (χ2n) is 13.0. The van der Waals surface area contributed by atoms with E-state index in [4.69, 9.17) is 14.2 Å². The zero-order valence-corrected chi connectivity index (χ0v) is 25.2. The Bertz CT molecular complexity index is 1870. The number of rotatable bonds is 5. The predicted octanol–water partition coefficient (Wildman–Crippen LogP) is 4.83. The second kappa shape index (κ2) is 9.16. The molecule has 8 nitrogen and oxygen atoms in total. The van der Waals surface area contributed by atoms with Gasteiger partial charge in [0.15, 0.2) is 0 Å². The van der Waals surface area contributed by atoms with Crippen molar-refractivity contribution in [3.8, 4) is 5.75 Å². The monoisotopic (exact) mass is 602 g/mol. The summed E-state index contributed by atoms with van der Waals surface area (Å²) in [6.45, 7) is 0.722. The Morgan fingerprint density at radius 3 is 2.38 bits per heavy atom. The lowest BCUT2D eigenvalue weighted by molar-refractivity contribution is -0.256. The molecule has 1 spiro atoms. The van der Waals surface area contributed by atoms with Gasteiger partial charge in [0.1, 0.15) is 22.8 Å². The van der Waals surface area contributed by atoms with Crippen LogP contribution in [-0.4, -0.2) is 60.8 Å². The highest BCUT2D eigenvalue weighted by Gasteiger charge is 2.88. The third kappa shape index (κ3) is 2.99. The molecule has 0 unspecified atom stereocenters. The highest BCUT2D eigenvalue weighted by molar-refractivity contribution is 6.07. The Kier molecular flexibility index (Phi) is 5.52. The minimum absolute atomic E-state index is 0.0481. The van der Waals surface area contributed by atoms with Crippen LogP contribution in [0.5, 0.6) is 5.75 Å². The standard InChI is InChI=1S/C37H34N2O6/c1-43-26-18-16-24(17-19-26)39-31(30(33(39)40)23-9-4-3-5-10-23)32-35(34(41)44-2)21-25-13-8-20-38(25)36(35)27-14-6-11-22-12-7-15-28(29(22)27)37(36,42)45-32/h3-7,9-12,14-19,25,30-32,42H,8,13,20-21H2,1-2H3/t25-,30-,31+,32-,35+,36+,37-/m1/s1. The summed E-state index contributed by atoms with van der Waals surface area (Å²) >= 11 is 0. The molecule has 0 bridgehead atoms. The van der Waals surface area contributed by atoms with E-state index in [1.165, 1.54) is 7.11 Å². The summed E-state index contributed by atoms with van der Waals surface area (Å²) in [5.41, 5.74) is 0.553. The smallest absolute Gasteiger partial charge is 0.317 e. The molecule has 4 heterocycles. The van der Waals surface area contributed by atoms with Gasteiger partial charge in [-0.3, -0.25) is 14.5 Å². The summed E-state index contributed by atoms with van der Waals surface area (Å²) in [6.07, 6.45) is 1.45. The van der Waals surface area contributed by atoms with Crippen molar-refractivity contribution in [2.75, 3.05) is 25.7 Å².